The highest BCUT2D eigenvalue weighted by Crippen LogP contribution is 2.40. The van der Waals surface area contributed by atoms with Gasteiger partial charge in [-0.25, -0.2) is 4.39 Å². The second kappa shape index (κ2) is 7.76. The number of hydrogen-bond acceptors (Lipinski definition) is 4. The molecule has 154 valence electrons. The molecular weight excluding hydrogens is 387 g/mol. The molecule has 0 unspecified atom stereocenters. The molecule has 4 rings (SSSR count). The largest absolute Gasteiger partial charge is 0.503 e. The van der Waals surface area contributed by atoms with Crippen LogP contribution >= 0.6 is 0 Å². The monoisotopic (exact) mass is 409 g/mol. The van der Waals surface area contributed by atoms with Gasteiger partial charge in [-0.3, -0.25) is 9.59 Å². The first kappa shape index (κ1) is 19.8. The summed E-state index contributed by atoms with van der Waals surface area (Å²) in [6, 6.07) is 13.6. The molecule has 1 aliphatic rings. The number of para-hydroxylation sites is 1. The van der Waals surface area contributed by atoms with Crippen LogP contribution in [0.4, 0.5) is 4.39 Å². The number of carbonyl (C=O) groups excluding carboxylic acids is 2. The summed E-state index contributed by atoms with van der Waals surface area (Å²) >= 11 is 0. The number of nitrogens with one attached hydrogen (secondary N) is 1. The molecule has 2 heterocycles. The lowest BCUT2D eigenvalue weighted by atomic mass is 9.94. The van der Waals surface area contributed by atoms with Gasteiger partial charge in [0.15, 0.2) is 11.5 Å². The molecule has 0 saturated heterocycles. The number of rotatable bonds is 6. The van der Waals surface area contributed by atoms with Crippen molar-refractivity contribution in [2.24, 2.45) is 0 Å². The molecule has 1 aromatic heterocycles. The molecule has 0 saturated carbocycles. The van der Waals surface area contributed by atoms with Gasteiger partial charge < -0.3 is 19.3 Å². The highest BCUT2D eigenvalue weighted by molar-refractivity contribution is 6.16. The van der Waals surface area contributed by atoms with Crippen LogP contribution in [0.2, 0.25) is 0 Å². The van der Waals surface area contributed by atoms with Gasteiger partial charge in [-0.1, -0.05) is 36.4 Å². The Morgan fingerprint density at radius 2 is 1.87 bits per heavy atom. The van der Waals surface area contributed by atoms with Crippen molar-refractivity contribution in [1.82, 2.24) is 4.90 Å². The number of ketones is 1. The van der Waals surface area contributed by atoms with E-state index in [9.17, 15) is 19.1 Å². The second-order valence-corrected chi connectivity index (χ2v) is 7.62. The number of furan rings is 1. The van der Waals surface area contributed by atoms with Gasteiger partial charge in [0, 0.05) is 10.9 Å². The van der Waals surface area contributed by atoms with E-state index in [1.807, 2.05) is 20.2 Å². The Hall–Kier alpha value is -3.45. The summed E-state index contributed by atoms with van der Waals surface area (Å²) in [4.78, 5) is 28.6. The lowest BCUT2D eigenvalue weighted by Crippen LogP contribution is -3.06. The maximum absolute atomic E-state index is 14.7. The number of likely N-dealkylation sites (N-methyl/N-ethyl adjacent to an activating group) is 1. The fourth-order valence-electron chi connectivity index (χ4n) is 3.71. The van der Waals surface area contributed by atoms with Crippen LogP contribution in [0.1, 0.15) is 22.2 Å². The summed E-state index contributed by atoms with van der Waals surface area (Å²) in [5, 5.41) is 11.3. The van der Waals surface area contributed by atoms with Crippen molar-refractivity contribution in [3.05, 3.63) is 83.1 Å². The van der Waals surface area contributed by atoms with Crippen LogP contribution in [0.25, 0.3) is 11.0 Å². The molecular formula is C23H22FN2O4+. The Balaban J connectivity index is 1.81. The first-order valence-electron chi connectivity index (χ1n) is 9.69. The summed E-state index contributed by atoms with van der Waals surface area (Å²) in [7, 11) is 3.85. The molecule has 1 amide bonds. The number of quaternary nitrogens is 1. The van der Waals surface area contributed by atoms with Crippen molar-refractivity contribution in [1.29, 1.82) is 0 Å². The summed E-state index contributed by atoms with van der Waals surface area (Å²) < 4.78 is 20.3. The smallest absolute Gasteiger partial charge is 0.290 e. The van der Waals surface area contributed by atoms with Gasteiger partial charge in [0.1, 0.15) is 11.4 Å². The van der Waals surface area contributed by atoms with Crippen molar-refractivity contribution < 1.29 is 28.4 Å². The van der Waals surface area contributed by atoms with Crippen LogP contribution < -0.4 is 4.90 Å². The zero-order valence-corrected chi connectivity index (χ0v) is 16.7. The fraction of sp³-hybridized carbons (Fsp3) is 0.217. The van der Waals surface area contributed by atoms with E-state index in [0.717, 1.165) is 10.3 Å². The Morgan fingerprint density at radius 1 is 1.17 bits per heavy atom. The van der Waals surface area contributed by atoms with E-state index in [1.54, 1.807) is 30.3 Å². The van der Waals surface area contributed by atoms with Gasteiger partial charge in [-0.05, 0) is 18.2 Å². The van der Waals surface area contributed by atoms with Gasteiger partial charge in [0.25, 0.3) is 5.91 Å². The number of benzene rings is 2. The molecule has 2 N–H and O–H groups in total. The van der Waals surface area contributed by atoms with E-state index in [4.69, 9.17) is 4.42 Å². The van der Waals surface area contributed by atoms with E-state index < -0.39 is 29.3 Å². The number of Topliss-reactive ketones (excluding diaryl/α,β-unsaturated/α-hetero) is 1. The predicted octanol–water partition coefficient (Wildman–Crippen LogP) is 2.29. The molecule has 6 nitrogen and oxygen atoms in total. The third-order valence-corrected chi connectivity index (χ3v) is 5.25. The maximum atomic E-state index is 14.7. The van der Waals surface area contributed by atoms with Crippen molar-refractivity contribution in [2.45, 2.75) is 6.04 Å². The summed E-state index contributed by atoms with van der Waals surface area (Å²) in [5.74, 6) is -2.55. The van der Waals surface area contributed by atoms with Crippen molar-refractivity contribution in [3.63, 3.8) is 0 Å². The first-order valence-corrected chi connectivity index (χ1v) is 9.69. The topological polar surface area (TPSA) is 75.2 Å². The predicted molar refractivity (Wildman–Crippen MR) is 109 cm³/mol. The molecule has 7 heteroatoms. The molecule has 0 fully saturated rings. The fourth-order valence-corrected chi connectivity index (χ4v) is 3.71. The van der Waals surface area contributed by atoms with Gasteiger partial charge in [0.2, 0.25) is 5.78 Å². The lowest BCUT2D eigenvalue weighted by molar-refractivity contribution is -0.857. The highest BCUT2D eigenvalue weighted by atomic mass is 19.1. The Morgan fingerprint density at radius 3 is 2.57 bits per heavy atom. The minimum atomic E-state index is -1.03. The van der Waals surface area contributed by atoms with Gasteiger partial charge >= 0.3 is 0 Å². The van der Waals surface area contributed by atoms with Crippen LogP contribution in [0, 0.1) is 5.82 Å². The third kappa shape index (κ3) is 3.37. The molecule has 0 bridgehead atoms. The molecule has 3 aromatic rings. The van der Waals surface area contributed by atoms with E-state index in [-0.39, 0.29) is 23.4 Å². The van der Waals surface area contributed by atoms with Gasteiger partial charge in [-0.2, -0.15) is 0 Å². The van der Waals surface area contributed by atoms with Crippen LogP contribution in [0.3, 0.4) is 0 Å². The van der Waals surface area contributed by atoms with Crippen molar-refractivity contribution in [3.8, 4) is 0 Å². The number of hydrogen-bond donors (Lipinski definition) is 2. The molecule has 1 aliphatic heterocycles. The summed E-state index contributed by atoms with van der Waals surface area (Å²) in [6.45, 7) is 0.817. The van der Waals surface area contributed by atoms with Crippen LogP contribution in [0.15, 0.2) is 70.3 Å². The molecule has 1 atom stereocenters. The number of fused-ring (bicyclic) bond motifs is 1. The number of carbonyl (C=O) groups is 2. The Bertz CT molecular complexity index is 1130. The zero-order valence-electron chi connectivity index (χ0n) is 16.7. The molecule has 2 aromatic carbocycles. The quantitative estimate of drug-likeness (QED) is 0.613. The molecule has 30 heavy (non-hydrogen) atoms. The Kier molecular flexibility index (Phi) is 5.13. The average Bonchev–Trinajstić information content (AvgIpc) is 3.26. The highest BCUT2D eigenvalue weighted by Gasteiger charge is 2.45. The van der Waals surface area contributed by atoms with Crippen LogP contribution in [-0.2, 0) is 4.79 Å². The third-order valence-electron chi connectivity index (χ3n) is 5.25. The van der Waals surface area contributed by atoms with Crippen molar-refractivity contribution >= 4 is 22.7 Å². The summed E-state index contributed by atoms with van der Waals surface area (Å²) in [5.41, 5.74) is 0.502. The van der Waals surface area contributed by atoms with E-state index in [2.05, 4.69) is 0 Å². The SMILES string of the molecule is C[NH+](C)CCN1C(=O)C(O)=C(C(=O)c2cc3ccccc3o2)[C@@H]1c1ccccc1F. The number of amides is 1. The standard InChI is InChI=1S/C23H21FN2O4/c1-25(2)11-12-26-20(15-8-4-5-9-16(15)24)19(22(28)23(26)29)21(27)18-13-14-7-3-6-10-17(14)30-18/h3-10,13,20,28H,11-12H2,1-2H3/p+1/t20-/m0/s1. The normalized spacial score (nSPS) is 16.9. The van der Waals surface area contributed by atoms with Crippen molar-refractivity contribution in [2.75, 3.05) is 27.2 Å². The molecule has 0 aliphatic carbocycles. The summed E-state index contributed by atoms with van der Waals surface area (Å²) in [6.07, 6.45) is 0. The minimum Gasteiger partial charge on any atom is -0.503 e. The van der Waals surface area contributed by atoms with Gasteiger partial charge in [0.05, 0.1) is 38.8 Å². The number of nitrogens with zero attached hydrogens (tertiary/aromatic N) is 1. The second-order valence-electron chi connectivity index (χ2n) is 7.62. The Labute approximate surface area is 172 Å². The molecule has 0 spiro atoms. The maximum Gasteiger partial charge on any atom is 0.290 e. The zero-order chi connectivity index (χ0) is 21.4. The van der Waals surface area contributed by atoms with E-state index in [1.165, 1.54) is 23.1 Å². The number of aliphatic hydroxyl groups excluding tert-OH is 1. The van der Waals surface area contributed by atoms with E-state index >= 15 is 0 Å². The minimum absolute atomic E-state index is 0.00743. The van der Waals surface area contributed by atoms with E-state index in [0.29, 0.717) is 12.1 Å². The first-order chi connectivity index (χ1) is 14.4. The number of halogens is 1. The van der Waals surface area contributed by atoms with Gasteiger partial charge in [-0.15, -0.1) is 0 Å². The molecule has 0 radical (unpaired) electrons. The number of aliphatic hydroxyl groups is 1. The van der Waals surface area contributed by atoms with Crippen LogP contribution in [-0.4, -0.2) is 48.9 Å². The van der Waals surface area contributed by atoms with Crippen LogP contribution in [0.5, 0.6) is 0 Å². The average molecular weight is 409 g/mol. The lowest BCUT2D eigenvalue weighted by Gasteiger charge is -2.27.